The van der Waals surface area contributed by atoms with Crippen LogP contribution in [-0.2, 0) is 90.6 Å². The fourth-order valence-electron chi connectivity index (χ4n) is 4.90. The first-order valence-electron chi connectivity index (χ1n) is 19.0. The molecular formula is C39H49IO27. The number of carbonyl (C=O) groups excluding carboxylic acids is 6. The topological polar surface area (TPSA) is 416 Å². The molecule has 5 heterocycles. The summed E-state index contributed by atoms with van der Waals surface area (Å²) in [7, 11) is 0. The minimum Gasteiger partial charge on any atom is -0.478 e. The number of esters is 6. The molecule has 0 unspecified atom stereocenters. The fraction of sp³-hybridized carbons (Fsp3) is 0.487. The van der Waals surface area contributed by atoms with Crippen LogP contribution in [0.25, 0.3) is 0 Å². The minimum atomic E-state index is -1.29. The lowest BCUT2D eigenvalue weighted by molar-refractivity contribution is -0.151. The standard InChI is InChI=1S/C14H14O10.C11H12O8.C6H10O4.C4H2O3.C3H8O2.CH3I/c15-9(16)1-3-11(19)23-7-5-21-14-8(6-22-13(7)14)24-12(20)4-2-10(17)18;12-8(13)2-4-10(16)18-6-1-7-19-11(17)5-3-9(14)15;7-3-1-9-6-4(8)2-10-5(3)6;5-3-1-2-4(6)7-3;4-2-1-3-5;1-2/h1-4,7-8,13-14H,5-6H2,(H,15,16)(H,17,18);2-5H,1,6-7H2,(H,12,13)(H,14,15);3-8H,1-2H2;1-2H;4-5H,1-3H2;1H3/b3-1-,4-2-;4-2-,5-3-;;;;/t7-,8+,13-,14-;;3-,4+,5-,6-;;;/m1.1.../s1. The van der Waals surface area contributed by atoms with Gasteiger partial charge in [0.15, 0.2) is 12.2 Å². The number of carboxylic acids is 4. The molecule has 0 aliphatic carbocycles. The number of ether oxygens (including phenoxy) is 9. The lowest BCUT2D eigenvalue weighted by atomic mass is 10.1. The Morgan fingerprint density at radius 3 is 1.10 bits per heavy atom. The van der Waals surface area contributed by atoms with E-state index in [1.54, 1.807) is 0 Å². The van der Waals surface area contributed by atoms with Gasteiger partial charge in [-0.2, -0.15) is 0 Å². The van der Waals surface area contributed by atoms with Gasteiger partial charge in [-0.15, -0.1) is 0 Å². The molecule has 0 aromatic heterocycles. The van der Waals surface area contributed by atoms with Gasteiger partial charge in [-0.1, -0.05) is 22.6 Å². The van der Waals surface area contributed by atoms with E-state index in [4.69, 9.17) is 69.3 Å². The van der Waals surface area contributed by atoms with Gasteiger partial charge in [0.2, 0.25) is 0 Å². The number of aliphatic carboxylic acids is 4. The molecule has 4 saturated heterocycles. The Kier molecular flexibility index (Phi) is 32.1. The van der Waals surface area contributed by atoms with Crippen molar-refractivity contribution in [3.63, 3.8) is 0 Å². The highest BCUT2D eigenvalue weighted by molar-refractivity contribution is 14.1. The number of alkyl halides is 1. The van der Waals surface area contributed by atoms with Crippen LogP contribution in [0.5, 0.6) is 0 Å². The Hall–Kier alpha value is -5.99. The first-order chi connectivity index (χ1) is 31.8. The average molecular weight is 1080 g/mol. The molecule has 4 fully saturated rings. The number of halogens is 1. The van der Waals surface area contributed by atoms with Crippen molar-refractivity contribution < 1.29 is 131 Å². The van der Waals surface area contributed by atoms with Crippen LogP contribution >= 0.6 is 22.6 Å². The molecular weight excluding hydrogens is 1030 g/mol. The second kappa shape index (κ2) is 35.2. The highest BCUT2D eigenvalue weighted by Gasteiger charge is 2.51. The number of aliphatic hydroxyl groups excluding tert-OH is 4. The maximum Gasteiger partial charge on any atom is 0.338 e. The summed E-state index contributed by atoms with van der Waals surface area (Å²) in [5, 5.41) is 67.4. The molecule has 5 aliphatic rings. The summed E-state index contributed by atoms with van der Waals surface area (Å²) in [4.78, 5) is 107. The molecule has 67 heavy (non-hydrogen) atoms. The zero-order chi connectivity index (χ0) is 50.9. The van der Waals surface area contributed by atoms with E-state index >= 15 is 0 Å². The van der Waals surface area contributed by atoms with Gasteiger partial charge < -0.3 is 83.5 Å². The monoisotopic (exact) mass is 1080 g/mol. The van der Waals surface area contributed by atoms with Gasteiger partial charge in [0.25, 0.3) is 0 Å². The van der Waals surface area contributed by atoms with E-state index in [0.717, 1.165) is 36.5 Å². The summed E-state index contributed by atoms with van der Waals surface area (Å²) in [5.41, 5.74) is 0. The van der Waals surface area contributed by atoms with Crippen molar-refractivity contribution in [3.05, 3.63) is 60.8 Å². The summed E-state index contributed by atoms with van der Waals surface area (Å²) in [6.07, 6.45) is 3.93. The molecule has 8 N–H and O–H groups in total. The van der Waals surface area contributed by atoms with Crippen LogP contribution in [0.1, 0.15) is 12.8 Å². The van der Waals surface area contributed by atoms with Crippen molar-refractivity contribution in [2.75, 3.05) is 57.8 Å². The van der Waals surface area contributed by atoms with Crippen LogP contribution in [0.2, 0.25) is 0 Å². The number of fused-ring (bicyclic) bond motifs is 2. The zero-order valence-electron chi connectivity index (χ0n) is 35.2. The highest BCUT2D eigenvalue weighted by Crippen LogP contribution is 2.31. The summed E-state index contributed by atoms with van der Waals surface area (Å²) in [5.74, 6) is -9.63. The Balaban J connectivity index is 0.000000888. The van der Waals surface area contributed by atoms with Gasteiger partial charge in [0.05, 0.1) is 39.6 Å². The van der Waals surface area contributed by atoms with E-state index in [1.807, 2.05) is 4.93 Å². The predicted molar refractivity (Wildman–Crippen MR) is 223 cm³/mol. The van der Waals surface area contributed by atoms with E-state index in [-0.39, 0.29) is 71.5 Å². The zero-order valence-corrected chi connectivity index (χ0v) is 37.3. The summed E-state index contributed by atoms with van der Waals surface area (Å²) in [6, 6.07) is 0. The van der Waals surface area contributed by atoms with Gasteiger partial charge >= 0.3 is 59.7 Å². The average Bonchev–Trinajstić information content (AvgIpc) is 4.12. The van der Waals surface area contributed by atoms with Gasteiger partial charge in [0.1, 0.15) is 36.6 Å². The number of carbonyl (C=O) groups is 10. The van der Waals surface area contributed by atoms with E-state index < -0.39 is 96.3 Å². The SMILES string of the molecule is CI.O=C(O)/C=C\C(=O)OCCCOC(=O)/C=C\C(=O)O.O=C(O)/C=C\C(=O)O[C@H]1CO[C@H]2[C@@H]1OC[C@H]2OC(=O)/C=C\C(=O)O.O=C1C=CC(=O)O1.OCCCO.O[C@@H]1CO[C@H]2[C@@H]1OC[C@@H]2O. The summed E-state index contributed by atoms with van der Waals surface area (Å²) < 4.78 is 44.1. The van der Waals surface area contributed by atoms with Crippen LogP contribution in [0.4, 0.5) is 0 Å². The second-order valence-corrected chi connectivity index (χ2v) is 12.5. The molecule has 0 spiro atoms. The van der Waals surface area contributed by atoms with Gasteiger partial charge in [0, 0.05) is 80.4 Å². The number of rotatable bonds is 16. The van der Waals surface area contributed by atoms with E-state index in [0.29, 0.717) is 30.7 Å². The minimum absolute atomic E-state index is 0.000993. The molecule has 5 aliphatic heterocycles. The van der Waals surface area contributed by atoms with Crippen LogP contribution in [0.3, 0.4) is 0 Å². The molecule has 8 atom stereocenters. The lowest BCUT2D eigenvalue weighted by Gasteiger charge is -2.16. The number of hydrogen-bond acceptors (Lipinski definition) is 23. The fourth-order valence-corrected chi connectivity index (χ4v) is 4.90. The van der Waals surface area contributed by atoms with Crippen LogP contribution < -0.4 is 0 Å². The van der Waals surface area contributed by atoms with E-state index in [1.165, 1.54) is 0 Å². The molecule has 0 aromatic carbocycles. The first kappa shape index (κ1) is 61.0. The third-order valence-electron chi connectivity index (χ3n) is 7.60. The number of aliphatic hydroxyl groups is 4. The Bertz CT molecular complexity index is 1680. The normalized spacial score (nSPS) is 23.9. The van der Waals surface area contributed by atoms with E-state index in [2.05, 4.69) is 36.8 Å². The van der Waals surface area contributed by atoms with Crippen molar-refractivity contribution in [2.24, 2.45) is 0 Å². The van der Waals surface area contributed by atoms with Crippen molar-refractivity contribution in [3.8, 4) is 0 Å². The third kappa shape index (κ3) is 27.9. The van der Waals surface area contributed by atoms with Crippen LogP contribution in [0.15, 0.2) is 60.8 Å². The van der Waals surface area contributed by atoms with Crippen LogP contribution in [0, 0.1) is 0 Å². The number of cyclic esters (lactones) is 2. The maximum absolute atomic E-state index is 11.5. The van der Waals surface area contributed by atoms with Gasteiger partial charge in [-0.25, -0.2) is 47.9 Å². The quantitative estimate of drug-likeness (QED) is 0.0147. The molecule has 0 saturated carbocycles. The van der Waals surface area contributed by atoms with Crippen molar-refractivity contribution in [1.29, 1.82) is 0 Å². The molecule has 0 amide bonds. The van der Waals surface area contributed by atoms with Crippen molar-refractivity contribution >= 4 is 82.3 Å². The molecule has 0 bridgehead atoms. The summed E-state index contributed by atoms with van der Waals surface area (Å²) in [6.45, 7) is 0.644. The number of carboxylic acid groups (broad SMARTS) is 4. The maximum atomic E-state index is 11.5. The first-order valence-corrected chi connectivity index (χ1v) is 21.2. The molecule has 0 aromatic rings. The second-order valence-electron chi connectivity index (χ2n) is 12.5. The Morgan fingerprint density at radius 1 is 0.522 bits per heavy atom. The smallest absolute Gasteiger partial charge is 0.338 e. The Morgan fingerprint density at radius 2 is 0.836 bits per heavy atom. The largest absolute Gasteiger partial charge is 0.478 e. The predicted octanol–water partition coefficient (Wildman–Crippen LogP) is -2.82. The molecule has 0 radical (unpaired) electrons. The van der Waals surface area contributed by atoms with Gasteiger partial charge in [-0.3, -0.25) is 0 Å². The third-order valence-corrected chi connectivity index (χ3v) is 7.60. The molecule has 27 nitrogen and oxygen atoms in total. The Labute approximate surface area is 392 Å². The molecule has 5 rings (SSSR count). The van der Waals surface area contributed by atoms with Gasteiger partial charge in [-0.05, 0) is 11.4 Å². The van der Waals surface area contributed by atoms with Crippen molar-refractivity contribution in [2.45, 2.75) is 61.7 Å². The van der Waals surface area contributed by atoms with E-state index in [9.17, 15) is 47.9 Å². The molecule has 374 valence electrons. The highest BCUT2D eigenvalue weighted by atomic mass is 127. The summed E-state index contributed by atoms with van der Waals surface area (Å²) >= 11 is 2.15. The van der Waals surface area contributed by atoms with Crippen molar-refractivity contribution in [1.82, 2.24) is 0 Å². The number of hydrogen-bond donors (Lipinski definition) is 8. The molecule has 28 heteroatoms. The van der Waals surface area contributed by atoms with Crippen LogP contribution in [-0.4, -0.2) is 207 Å². The lowest BCUT2D eigenvalue weighted by Crippen LogP contribution is -2.35.